The molecule has 2 amide bonds. The SMILES string of the molecule is CN(CC(=O)Nc1ccc(F)cc1)CC(=O)Nc1ccccc1Cl. The molecule has 0 bridgehead atoms. The van der Waals surface area contributed by atoms with Crippen molar-refractivity contribution in [1.82, 2.24) is 4.90 Å². The van der Waals surface area contributed by atoms with E-state index in [4.69, 9.17) is 11.6 Å². The van der Waals surface area contributed by atoms with Gasteiger partial charge in [-0.1, -0.05) is 23.7 Å². The minimum atomic E-state index is -0.374. The molecule has 0 heterocycles. The molecule has 0 saturated carbocycles. The first-order valence-electron chi connectivity index (χ1n) is 7.22. The van der Waals surface area contributed by atoms with Gasteiger partial charge in [0.2, 0.25) is 11.8 Å². The Morgan fingerprint density at radius 3 is 2.21 bits per heavy atom. The van der Waals surface area contributed by atoms with Gasteiger partial charge in [-0.15, -0.1) is 0 Å². The van der Waals surface area contributed by atoms with Crippen LogP contribution in [0, 0.1) is 5.82 Å². The minimum absolute atomic E-state index is 0.0211. The summed E-state index contributed by atoms with van der Waals surface area (Å²) in [5.41, 5.74) is 1.02. The molecule has 0 aliphatic rings. The lowest BCUT2D eigenvalue weighted by atomic mass is 10.3. The molecule has 0 aliphatic heterocycles. The van der Waals surface area contributed by atoms with E-state index < -0.39 is 0 Å². The van der Waals surface area contributed by atoms with Crippen molar-refractivity contribution >= 4 is 34.8 Å². The highest BCUT2D eigenvalue weighted by molar-refractivity contribution is 6.33. The van der Waals surface area contributed by atoms with Crippen molar-refractivity contribution in [2.45, 2.75) is 0 Å². The third-order valence-corrected chi connectivity index (χ3v) is 3.43. The highest BCUT2D eigenvalue weighted by Crippen LogP contribution is 2.20. The van der Waals surface area contributed by atoms with Crippen LogP contribution in [0.3, 0.4) is 0 Å². The van der Waals surface area contributed by atoms with Gasteiger partial charge in [0.1, 0.15) is 5.82 Å². The lowest BCUT2D eigenvalue weighted by molar-refractivity contribution is -0.119. The molecule has 126 valence electrons. The molecule has 0 unspecified atom stereocenters. The van der Waals surface area contributed by atoms with Crippen LogP contribution in [0.25, 0.3) is 0 Å². The van der Waals surface area contributed by atoms with Crippen LogP contribution in [0.4, 0.5) is 15.8 Å². The molecular formula is C17H17ClFN3O2. The van der Waals surface area contributed by atoms with Crippen molar-refractivity contribution in [2.75, 3.05) is 30.8 Å². The third-order valence-electron chi connectivity index (χ3n) is 3.10. The predicted octanol–water partition coefficient (Wildman–Crippen LogP) is 2.99. The number of nitrogens with one attached hydrogen (secondary N) is 2. The molecule has 0 aromatic heterocycles. The minimum Gasteiger partial charge on any atom is -0.325 e. The Kier molecular flexibility index (Phi) is 6.28. The number of nitrogens with zero attached hydrogens (tertiary/aromatic N) is 1. The second kappa shape index (κ2) is 8.42. The molecule has 0 atom stereocenters. The summed E-state index contributed by atoms with van der Waals surface area (Å²) in [6.07, 6.45) is 0. The third kappa shape index (κ3) is 5.64. The molecule has 2 aromatic carbocycles. The fourth-order valence-electron chi connectivity index (χ4n) is 2.03. The molecule has 7 heteroatoms. The highest BCUT2D eigenvalue weighted by atomic mass is 35.5. The summed E-state index contributed by atoms with van der Waals surface area (Å²) < 4.78 is 12.8. The Labute approximate surface area is 144 Å². The fourth-order valence-corrected chi connectivity index (χ4v) is 2.22. The number of anilines is 2. The number of para-hydroxylation sites is 1. The van der Waals surface area contributed by atoms with Crippen molar-refractivity contribution in [3.8, 4) is 0 Å². The molecule has 0 radical (unpaired) electrons. The largest absolute Gasteiger partial charge is 0.325 e. The predicted molar refractivity (Wildman–Crippen MR) is 92.6 cm³/mol. The van der Waals surface area contributed by atoms with Crippen LogP contribution in [0.5, 0.6) is 0 Å². The van der Waals surface area contributed by atoms with E-state index in [-0.39, 0.29) is 30.7 Å². The van der Waals surface area contributed by atoms with E-state index in [0.29, 0.717) is 16.4 Å². The lowest BCUT2D eigenvalue weighted by Crippen LogP contribution is -2.36. The highest BCUT2D eigenvalue weighted by Gasteiger charge is 2.12. The zero-order chi connectivity index (χ0) is 17.5. The molecule has 0 aliphatic carbocycles. The van der Waals surface area contributed by atoms with Gasteiger partial charge in [-0.05, 0) is 43.4 Å². The second-order valence-electron chi connectivity index (χ2n) is 5.26. The molecule has 2 N–H and O–H groups in total. The summed E-state index contributed by atoms with van der Waals surface area (Å²) in [4.78, 5) is 25.4. The van der Waals surface area contributed by atoms with Gasteiger partial charge in [0, 0.05) is 5.69 Å². The van der Waals surface area contributed by atoms with E-state index in [1.165, 1.54) is 24.3 Å². The summed E-state index contributed by atoms with van der Waals surface area (Å²) in [7, 11) is 1.65. The maximum Gasteiger partial charge on any atom is 0.238 e. The number of benzene rings is 2. The van der Waals surface area contributed by atoms with Gasteiger partial charge in [-0.2, -0.15) is 0 Å². The zero-order valence-electron chi connectivity index (χ0n) is 13.1. The van der Waals surface area contributed by atoms with E-state index in [2.05, 4.69) is 10.6 Å². The Morgan fingerprint density at radius 2 is 1.58 bits per heavy atom. The number of hydrogen-bond acceptors (Lipinski definition) is 3. The molecule has 5 nitrogen and oxygen atoms in total. The van der Waals surface area contributed by atoms with Crippen molar-refractivity contribution in [2.24, 2.45) is 0 Å². The summed E-state index contributed by atoms with van der Waals surface area (Å²) in [5, 5.41) is 5.76. The van der Waals surface area contributed by atoms with Gasteiger partial charge in [0.25, 0.3) is 0 Å². The Morgan fingerprint density at radius 1 is 1.00 bits per heavy atom. The summed E-state index contributed by atoms with van der Waals surface area (Å²) in [6, 6.07) is 12.4. The average Bonchev–Trinajstić information content (AvgIpc) is 2.51. The standard InChI is InChI=1S/C17H17ClFN3O2/c1-22(10-16(23)20-13-8-6-12(19)7-9-13)11-17(24)21-15-5-3-2-4-14(15)18/h2-9H,10-11H2,1H3,(H,20,23)(H,21,24). The maximum atomic E-state index is 12.8. The zero-order valence-corrected chi connectivity index (χ0v) is 13.8. The van der Waals surface area contributed by atoms with Gasteiger partial charge in [-0.25, -0.2) is 4.39 Å². The maximum absolute atomic E-state index is 12.8. The smallest absolute Gasteiger partial charge is 0.238 e. The molecule has 24 heavy (non-hydrogen) atoms. The van der Waals surface area contributed by atoms with Crippen LogP contribution < -0.4 is 10.6 Å². The topological polar surface area (TPSA) is 61.4 Å². The van der Waals surface area contributed by atoms with E-state index >= 15 is 0 Å². The molecule has 2 aromatic rings. The summed E-state index contributed by atoms with van der Waals surface area (Å²) >= 11 is 5.97. The molecule has 0 saturated heterocycles. The van der Waals surface area contributed by atoms with Crippen molar-refractivity contribution < 1.29 is 14.0 Å². The van der Waals surface area contributed by atoms with Crippen LogP contribution in [0.15, 0.2) is 48.5 Å². The number of rotatable bonds is 6. The summed E-state index contributed by atoms with van der Waals surface area (Å²) in [5.74, 6) is -0.948. The molecular weight excluding hydrogens is 333 g/mol. The Hall–Kier alpha value is -2.44. The van der Waals surface area contributed by atoms with Crippen molar-refractivity contribution in [1.29, 1.82) is 0 Å². The van der Waals surface area contributed by atoms with Gasteiger partial charge >= 0.3 is 0 Å². The van der Waals surface area contributed by atoms with Crippen molar-refractivity contribution in [3.63, 3.8) is 0 Å². The Balaban J connectivity index is 1.80. The molecule has 2 rings (SSSR count). The van der Waals surface area contributed by atoms with Crippen LogP contribution in [-0.2, 0) is 9.59 Å². The average molecular weight is 350 g/mol. The van der Waals surface area contributed by atoms with E-state index in [1.54, 1.807) is 36.2 Å². The van der Waals surface area contributed by atoms with Crippen LogP contribution in [-0.4, -0.2) is 36.9 Å². The quantitative estimate of drug-likeness (QED) is 0.842. The van der Waals surface area contributed by atoms with E-state index in [9.17, 15) is 14.0 Å². The first kappa shape index (κ1) is 17.9. The number of amides is 2. The molecule has 0 fully saturated rings. The van der Waals surface area contributed by atoms with Gasteiger partial charge in [0.05, 0.1) is 23.8 Å². The van der Waals surface area contributed by atoms with E-state index in [1.807, 2.05) is 0 Å². The van der Waals surface area contributed by atoms with E-state index in [0.717, 1.165) is 0 Å². The number of halogens is 2. The number of likely N-dealkylation sites (N-methyl/N-ethyl adjacent to an activating group) is 1. The van der Waals surface area contributed by atoms with Gasteiger partial charge in [0.15, 0.2) is 0 Å². The van der Waals surface area contributed by atoms with Gasteiger partial charge < -0.3 is 10.6 Å². The number of carbonyl (C=O) groups excluding carboxylic acids is 2. The second-order valence-corrected chi connectivity index (χ2v) is 5.66. The fraction of sp³-hybridized carbons (Fsp3) is 0.176. The lowest BCUT2D eigenvalue weighted by Gasteiger charge is -2.16. The van der Waals surface area contributed by atoms with Crippen LogP contribution in [0.1, 0.15) is 0 Å². The molecule has 0 spiro atoms. The summed E-state index contributed by atoms with van der Waals surface area (Å²) in [6.45, 7) is 0.0510. The normalized spacial score (nSPS) is 10.5. The Bertz CT molecular complexity index is 722. The van der Waals surface area contributed by atoms with Crippen LogP contribution >= 0.6 is 11.6 Å². The van der Waals surface area contributed by atoms with Gasteiger partial charge in [-0.3, -0.25) is 14.5 Å². The first-order valence-corrected chi connectivity index (χ1v) is 7.60. The number of hydrogen-bond donors (Lipinski definition) is 2. The first-order chi connectivity index (χ1) is 11.4. The van der Waals surface area contributed by atoms with Crippen LogP contribution in [0.2, 0.25) is 5.02 Å². The van der Waals surface area contributed by atoms with Crippen molar-refractivity contribution in [3.05, 3.63) is 59.4 Å². The number of carbonyl (C=O) groups is 2. The monoisotopic (exact) mass is 349 g/mol.